The second kappa shape index (κ2) is 7.13. The first-order chi connectivity index (χ1) is 10.1. The van der Waals surface area contributed by atoms with Gasteiger partial charge in [-0.05, 0) is 12.1 Å². The van der Waals surface area contributed by atoms with Crippen LogP contribution in [0.4, 0.5) is 0 Å². The van der Waals surface area contributed by atoms with Crippen molar-refractivity contribution in [1.29, 1.82) is 5.26 Å². The van der Waals surface area contributed by atoms with Crippen LogP contribution in [-0.2, 0) is 0 Å². The van der Waals surface area contributed by atoms with E-state index in [-0.39, 0.29) is 24.8 Å². The molecule has 0 aliphatic carbocycles. The van der Waals surface area contributed by atoms with Gasteiger partial charge in [-0.1, -0.05) is 0 Å². The van der Waals surface area contributed by atoms with E-state index < -0.39 is 6.10 Å². The number of hydrogen-bond acceptors (Lipinski definition) is 6. The van der Waals surface area contributed by atoms with Crippen LogP contribution >= 0.6 is 0 Å². The van der Waals surface area contributed by atoms with Crippen LogP contribution in [0.3, 0.4) is 0 Å². The van der Waals surface area contributed by atoms with Gasteiger partial charge in [-0.2, -0.15) is 5.26 Å². The molecule has 0 spiro atoms. The number of β-amino-alcohol motifs (C(OH)–C–C–N with tert-alkyl or cyclic N) is 2. The molecule has 0 saturated carbocycles. The summed E-state index contributed by atoms with van der Waals surface area (Å²) in [5, 5.41) is 27.6. The normalized spacial score (nSPS) is 19.9. The second-order valence-electron chi connectivity index (χ2n) is 4.97. The minimum absolute atomic E-state index is 0.0280. The molecule has 0 radical (unpaired) electrons. The van der Waals surface area contributed by atoms with Gasteiger partial charge in [0.05, 0.1) is 18.3 Å². The zero-order valence-corrected chi connectivity index (χ0v) is 11.6. The molecule has 1 aromatic heterocycles. The summed E-state index contributed by atoms with van der Waals surface area (Å²) in [5.74, 6) is -0.211. The van der Waals surface area contributed by atoms with Crippen molar-refractivity contribution in [2.24, 2.45) is 0 Å². The molecule has 1 aliphatic heterocycles. The smallest absolute Gasteiger partial charge is 0.255 e. The van der Waals surface area contributed by atoms with Crippen LogP contribution in [0.25, 0.3) is 0 Å². The molecule has 1 aromatic rings. The molecule has 1 unspecified atom stereocenters. The number of nitriles is 1. The molecule has 2 rings (SSSR count). The topological polar surface area (TPSA) is 101 Å². The van der Waals surface area contributed by atoms with Crippen LogP contribution in [0.2, 0.25) is 0 Å². The number of rotatable bonds is 3. The van der Waals surface area contributed by atoms with Gasteiger partial charge in [-0.15, -0.1) is 0 Å². The van der Waals surface area contributed by atoms with E-state index in [1.165, 1.54) is 12.3 Å². The predicted octanol–water partition coefficient (Wildman–Crippen LogP) is -0.936. The highest BCUT2D eigenvalue weighted by atomic mass is 16.3. The van der Waals surface area contributed by atoms with E-state index >= 15 is 0 Å². The average Bonchev–Trinajstić information content (AvgIpc) is 2.68. The maximum absolute atomic E-state index is 12.4. The number of aliphatic hydroxyl groups excluding tert-OH is 2. The lowest BCUT2D eigenvalue weighted by Crippen LogP contribution is -2.37. The van der Waals surface area contributed by atoms with Crippen molar-refractivity contribution in [3.8, 4) is 6.07 Å². The molecule has 1 aliphatic rings. The molecule has 1 fully saturated rings. The highest BCUT2D eigenvalue weighted by Crippen LogP contribution is 2.09. The van der Waals surface area contributed by atoms with Crippen LogP contribution in [0.5, 0.6) is 0 Å². The summed E-state index contributed by atoms with van der Waals surface area (Å²) in [6, 6.07) is 4.97. The number of nitrogens with zero attached hydrogens (tertiary/aromatic N) is 4. The van der Waals surface area contributed by atoms with Crippen molar-refractivity contribution in [2.45, 2.75) is 6.10 Å². The van der Waals surface area contributed by atoms with Crippen LogP contribution < -0.4 is 0 Å². The minimum atomic E-state index is -0.644. The molecule has 21 heavy (non-hydrogen) atoms. The molecular weight excluding hydrogens is 272 g/mol. The number of amides is 1. The summed E-state index contributed by atoms with van der Waals surface area (Å²) in [5.41, 5.74) is 0.661. The second-order valence-corrected chi connectivity index (χ2v) is 4.97. The molecular formula is C14H18N4O3. The van der Waals surface area contributed by atoms with Crippen molar-refractivity contribution in [1.82, 2.24) is 14.8 Å². The number of aliphatic hydroxyl groups is 2. The zero-order valence-electron chi connectivity index (χ0n) is 11.6. The predicted molar refractivity (Wildman–Crippen MR) is 74.4 cm³/mol. The monoisotopic (exact) mass is 290 g/mol. The number of hydrogen-bond donors (Lipinski definition) is 2. The van der Waals surface area contributed by atoms with Gasteiger partial charge in [0.2, 0.25) is 0 Å². The first-order valence-electron chi connectivity index (χ1n) is 6.80. The fourth-order valence-corrected chi connectivity index (χ4v) is 2.35. The Balaban J connectivity index is 2.06. The lowest BCUT2D eigenvalue weighted by atomic mass is 10.2. The average molecular weight is 290 g/mol. The fraction of sp³-hybridized carbons (Fsp3) is 0.500. The lowest BCUT2D eigenvalue weighted by Gasteiger charge is -2.21. The number of aromatic nitrogens is 1. The van der Waals surface area contributed by atoms with Crippen molar-refractivity contribution in [3.05, 3.63) is 29.6 Å². The van der Waals surface area contributed by atoms with Gasteiger partial charge < -0.3 is 15.1 Å². The molecule has 7 heteroatoms. The number of pyridine rings is 1. The zero-order chi connectivity index (χ0) is 15.2. The van der Waals surface area contributed by atoms with Gasteiger partial charge in [0.1, 0.15) is 11.8 Å². The van der Waals surface area contributed by atoms with E-state index in [0.29, 0.717) is 31.7 Å². The molecule has 1 amide bonds. The van der Waals surface area contributed by atoms with Crippen LogP contribution in [0.1, 0.15) is 16.1 Å². The molecule has 7 nitrogen and oxygen atoms in total. The third-order valence-electron chi connectivity index (χ3n) is 3.41. The Bertz CT molecular complexity index is 526. The highest BCUT2D eigenvalue weighted by Gasteiger charge is 2.25. The SMILES string of the molecule is N#Cc1ccc(C(=O)N2CCN(CCO)CC(O)C2)cn1. The third-order valence-corrected chi connectivity index (χ3v) is 3.41. The van der Waals surface area contributed by atoms with Gasteiger partial charge in [0.25, 0.3) is 5.91 Å². The molecule has 2 heterocycles. The fourth-order valence-electron chi connectivity index (χ4n) is 2.35. The van der Waals surface area contributed by atoms with Crippen molar-refractivity contribution in [2.75, 3.05) is 39.3 Å². The van der Waals surface area contributed by atoms with Gasteiger partial charge >= 0.3 is 0 Å². The van der Waals surface area contributed by atoms with Crippen LogP contribution in [0, 0.1) is 11.3 Å². The van der Waals surface area contributed by atoms with E-state index in [1.807, 2.05) is 11.0 Å². The van der Waals surface area contributed by atoms with E-state index in [9.17, 15) is 9.90 Å². The van der Waals surface area contributed by atoms with Crippen molar-refractivity contribution < 1.29 is 15.0 Å². The summed E-state index contributed by atoms with van der Waals surface area (Å²) in [4.78, 5) is 19.8. The Morgan fingerprint density at radius 2 is 2.24 bits per heavy atom. The van der Waals surface area contributed by atoms with Crippen molar-refractivity contribution >= 4 is 5.91 Å². The summed E-state index contributed by atoms with van der Waals surface area (Å²) in [6.45, 7) is 2.29. The number of carbonyl (C=O) groups is 1. The summed E-state index contributed by atoms with van der Waals surface area (Å²) in [7, 11) is 0. The molecule has 1 atom stereocenters. The van der Waals surface area contributed by atoms with Gasteiger partial charge in [-0.3, -0.25) is 9.69 Å². The Morgan fingerprint density at radius 1 is 1.43 bits per heavy atom. The molecule has 112 valence electrons. The molecule has 2 N–H and O–H groups in total. The van der Waals surface area contributed by atoms with E-state index in [1.54, 1.807) is 11.0 Å². The van der Waals surface area contributed by atoms with E-state index in [0.717, 1.165) is 0 Å². The van der Waals surface area contributed by atoms with Crippen LogP contribution in [0.15, 0.2) is 18.3 Å². The van der Waals surface area contributed by atoms with E-state index in [2.05, 4.69) is 4.98 Å². The van der Waals surface area contributed by atoms with Crippen LogP contribution in [-0.4, -0.2) is 76.3 Å². The van der Waals surface area contributed by atoms with Gasteiger partial charge in [0.15, 0.2) is 0 Å². The largest absolute Gasteiger partial charge is 0.395 e. The molecule has 0 aromatic carbocycles. The summed E-state index contributed by atoms with van der Waals surface area (Å²) < 4.78 is 0. The summed E-state index contributed by atoms with van der Waals surface area (Å²) >= 11 is 0. The third kappa shape index (κ3) is 3.98. The minimum Gasteiger partial charge on any atom is -0.395 e. The van der Waals surface area contributed by atoms with Gasteiger partial charge in [0, 0.05) is 38.9 Å². The Labute approximate surface area is 123 Å². The van der Waals surface area contributed by atoms with Crippen molar-refractivity contribution in [3.63, 3.8) is 0 Å². The Kier molecular flexibility index (Phi) is 5.22. The maximum atomic E-state index is 12.4. The quantitative estimate of drug-likeness (QED) is 0.745. The maximum Gasteiger partial charge on any atom is 0.255 e. The molecule has 1 saturated heterocycles. The summed E-state index contributed by atoms with van der Waals surface area (Å²) in [6.07, 6.45) is 0.734. The lowest BCUT2D eigenvalue weighted by molar-refractivity contribution is 0.0660. The first-order valence-corrected chi connectivity index (χ1v) is 6.80. The molecule has 0 bridgehead atoms. The number of carbonyl (C=O) groups excluding carboxylic acids is 1. The standard InChI is InChI=1S/C14H18N4O3/c15-7-12-2-1-11(8-16-12)14(21)18-4-3-17(5-6-19)9-13(20)10-18/h1-2,8,13,19-20H,3-6,9-10H2. The highest BCUT2D eigenvalue weighted by molar-refractivity contribution is 5.94. The van der Waals surface area contributed by atoms with E-state index in [4.69, 9.17) is 10.4 Å². The van der Waals surface area contributed by atoms with Gasteiger partial charge in [-0.25, -0.2) is 4.98 Å². The Hall–Kier alpha value is -2.01. The Morgan fingerprint density at radius 3 is 2.86 bits per heavy atom. The first kappa shape index (κ1) is 15.4.